The second kappa shape index (κ2) is 8.93. The van der Waals surface area contributed by atoms with Gasteiger partial charge in [0.15, 0.2) is 11.6 Å². The van der Waals surface area contributed by atoms with Crippen molar-refractivity contribution < 1.29 is 18.7 Å². The molecule has 0 saturated heterocycles. The van der Waals surface area contributed by atoms with Gasteiger partial charge in [-0.25, -0.2) is 23.4 Å². The van der Waals surface area contributed by atoms with E-state index in [2.05, 4.69) is 25.3 Å². The molecule has 11 heteroatoms. The van der Waals surface area contributed by atoms with Gasteiger partial charge < -0.3 is 10.8 Å². The number of rotatable bonds is 7. The Hall–Kier alpha value is -4.28. The maximum absolute atomic E-state index is 13.7. The molecule has 4 rings (SSSR count). The topological polar surface area (TPSA) is 133 Å². The zero-order valence-electron chi connectivity index (χ0n) is 18.4. The SMILES string of the molecule is CC(C)(CC(=O)O)c1cccc(Cn2cc(-c3cc(-c4ccc(F)c(F)c4)nc(N)n3)nn2)n1. The van der Waals surface area contributed by atoms with Crippen LogP contribution in [-0.2, 0) is 16.8 Å². The van der Waals surface area contributed by atoms with Gasteiger partial charge in [-0.1, -0.05) is 25.1 Å². The highest BCUT2D eigenvalue weighted by molar-refractivity contribution is 5.69. The number of nitrogen functional groups attached to an aromatic ring is 1. The molecule has 4 aromatic rings. The van der Waals surface area contributed by atoms with E-state index in [0.29, 0.717) is 40.6 Å². The molecule has 0 radical (unpaired) electrons. The van der Waals surface area contributed by atoms with Crippen LogP contribution in [0.25, 0.3) is 22.6 Å². The molecular weight excluding hydrogens is 444 g/mol. The van der Waals surface area contributed by atoms with Crippen molar-refractivity contribution in [3.8, 4) is 22.6 Å². The maximum Gasteiger partial charge on any atom is 0.304 e. The summed E-state index contributed by atoms with van der Waals surface area (Å²) in [4.78, 5) is 24.0. The first-order valence-corrected chi connectivity index (χ1v) is 10.3. The van der Waals surface area contributed by atoms with Crippen LogP contribution in [-0.4, -0.2) is 41.0 Å². The van der Waals surface area contributed by atoms with Gasteiger partial charge in [0.25, 0.3) is 0 Å². The molecule has 0 aliphatic rings. The van der Waals surface area contributed by atoms with Gasteiger partial charge in [0.1, 0.15) is 5.69 Å². The molecule has 9 nitrogen and oxygen atoms in total. The number of halogens is 2. The maximum atomic E-state index is 13.7. The predicted octanol–water partition coefficient (Wildman–Crippen LogP) is 3.46. The number of aromatic nitrogens is 6. The van der Waals surface area contributed by atoms with Crippen LogP contribution in [0.15, 0.2) is 48.7 Å². The first-order chi connectivity index (χ1) is 16.1. The molecule has 3 aromatic heterocycles. The average Bonchev–Trinajstić information content (AvgIpc) is 3.23. The normalized spacial score (nSPS) is 11.5. The van der Waals surface area contributed by atoms with Gasteiger partial charge in [0.2, 0.25) is 5.95 Å². The minimum absolute atomic E-state index is 0.0493. The molecule has 174 valence electrons. The number of carbonyl (C=O) groups is 1. The van der Waals surface area contributed by atoms with Crippen LogP contribution in [0.2, 0.25) is 0 Å². The Labute approximate surface area is 193 Å². The van der Waals surface area contributed by atoms with Crippen molar-refractivity contribution in [3.63, 3.8) is 0 Å². The summed E-state index contributed by atoms with van der Waals surface area (Å²) in [7, 11) is 0. The highest BCUT2D eigenvalue weighted by Crippen LogP contribution is 2.26. The number of hydrogen-bond acceptors (Lipinski definition) is 7. The predicted molar refractivity (Wildman–Crippen MR) is 119 cm³/mol. The van der Waals surface area contributed by atoms with Gasteiger partial charge in [-0.05, 0) is 36.4 Å². The molecule has 3 N–H and O–H groups in total. The van der Waals surface area contributed by atoms with E-state index in [1.54, 1.807) is 23.0 Å². The van der Waals surface area contributed by atoms with E-state index in [1.165, 1.54) is 6.07 Å². The fourth-order valence-corrected chi connectivity index (χ4v) is 3.47. The molecule has 0 spiro atoms. The summed E-state index contributed by atoms with van der Waals surface area (Å²) < 4.78 is 28.5. The largest absolute Gasteiger partial charge is 0.481 e. The number of aliphatic carboxylic acids is 1. The third kappa shape index (κ3) is 5.03. The van der Waals surface area contributed by atoms with Crippen LogP contribution >= 0.6 is 0 Å². The molecule has 34 heavy (non-hydrogen) atoms. The quantitative estimate of drug-likeness (QED) is 0.424. The number of benzene rings is 1. The molecule has 0 bridgehead atoms. The van der Waals surface area contributed by atoms with Gasteiger partial charge in [-0.3, -0.25) is 9.78 Å². The number of carboxylic acids is 1. The third-order valence-corrected chi connectivity index (χ3v) is 5.18. The van der Waals surface area contributed by atoms with Gasteiger partial charge in [0, 0.05) is 16.7 Å². The van der Waals surface area contributed by atoms with Crippen LogP contribution in [0.5, 0.6) is 0 Å². The summed E-state index contributed by atoms with van der Waals surface area (Å²) in [6.45, 7) is 3.94. The Balaban J connectivity index is 1.59. The molecule has 0 aliphatic heterocycles. The Kier molecular flexibility index (Phi) is 6.01. The molecule has 0 saturated carbocycles. The molecule has 0 amide bonds. The van der Waals surface area contributed by atoms with Crippen molar-refractivity contribution in [2.24, 2.45) is 0 Å². The summed E-state index contributed by atoms with van der Waals surface area (Å²) in [5.74, 6) is -2.91. The van der Waals surface area contributed by atoms with Gasteiger partial charge in [-0.15, -0.1) is 5.10 Å². The number of anilines is 1. The number of carboxylic acid groups (broad SMARTS) is 1. The lowest BCUT2D eigenvalue weighted by molar-refractivity contribution is -0.138. The second-order valence-corrected chi connectivity index (χ2v) is 8.40. The lowest BCUT2D eigenvalue weighted by Gasteiger charge is -2.22. The van der Waals surface area contributed by atoms with E-state index in [-0.39, 0.29) is 12.4 Å². The number of hydrogen-bond donors (Lipinski definition) is 2. The van der Waals surface area contributed by atoms with Crippen molar-refractivity contribution in [3.05, 3.63) is 71.7 Å². The van der Waals surface area contributed by atoms with Crippen molar-refractivity contribution in [1.29, 1.82) is 0 Å². The lowest BCUT2D eigenvalue weighted by atomic mass is 9.85. The van der Waals surface area contributed by atoms with Crippen LogP contribution in [0.4, 0.5) is 14.7 Å². The number of pyridine rings is 1. The minimum atomic E-state index is -0.997. The molecular formula is C23H21F2N7O2. The fourth-order valence-electron chi connectivity index (χ4n) is 3.47. The van der Waals surface area contributed by atoms with E-state index in [0.717, 1.165) is 12.1 Å². The minimum Gasteiger partial charge on any atom is -0.481 e. The third-order valence-electron chi connectivity index (χ3n) is 5.18. The highest BCUT2D eigenvalue weighted by Gasteiger charge is 2.25. The second-order valence-electron chi connectivity index (χ2n) is 8.40. The van der Waals surface area contributed by atoms with Crippen LogP contribution in [0.1, 0.15) is 31.7 Å². The summed E-state index contributed by atoms with van der Waals surface area (Å²) in [6.07, 6.45) is 1.60. The average molecular weight is 465 g/mol. The van der Waals surface area contributed by atoms with Crippen molar-refractivity contribution in [2.45, 2.75) is 32.2 Å². The monoisotopic (exact) mass is 465 g/mol. The van der Waals surface area contributed by atoms with E-state index >= 15 is 0 Å². The zero-order chi connectivity index (χ0) is 24.5. The molecule has 0 unspecified atom stereocenters. The molecule has 3 heterocycles. The molecule has 0 aliphatic carbocycles. The number of nitrogens with zero attached hydrogens (tertiary/aromatic N) is 6. The smallest absolute Gasteiger partial charge is 0.304 e. The summed E-state index contributed by atoms with van der Waals surface area (Å²) in [6, 6.07) is 10.4. The van der Waals surface area contributed by atoms with Gasteiger partial charge in [0.05, 0.1) is 36.2 Å². The van der Waals surface area contributed by atoms with Crippen molar-refractivity contribution >= 4 is 11.9 Å². The molecule has 1 aromatic carbocycles. The van der Waals surface area contributed by atoms with Crippen molar-refractivity contribution in [1.82, 2.24) is 29.9 Å². The Bertz CT molecular complexity index is 1370. The van der Waals surface area contributed by atoms with Crippen LogP contribution < -0.4 is 5.73 Å². The summed E-state index contributed by atoms with van der Waals surface area (Å²) in [5.41, 5.74) is 7.95. The zero-order valence-corrected chi connectivity index (χ0v) is 18.4. The van der Waals surface area contributed by atoms with E-state index in [4.69, 9.17) is 10.8 Å². The Morgan fingerprint density at radius 3 is 2.53 bits per heavy atom. The van der Waals surface area contributed by atoms with Gasteiger partial charge >= 0.3 is 5.97 Å². The fraction of sp³-hybridized carbons (Fsp3) is 0.217. The first kappa shape index (κ1) is 22.9. The Morgan fingerprint density at radius 2 is 1.79 bits per heavy atom. The Morgan fingerprint density at radius 1 is 1.03 bits per heavy atom. The van der Waals surface area contributed by atoms with Gasteiger partial charge in [-0.2, -0.15) is 0 Å². The lowest BCUT2D eigenvalue weighted by Crippen LogP contribution is -2.23. The van der Waals surface area contributed by atoms with E-state index in [9.17, 15) is 13.6 Å². The van der Waals surface area contributed by atoms with Crippen LogP contribution in [0.3, 0.4) is 0 Å². The van der Waals surface area contributed by atoms with E-state index in [1.807, 2.05) is 26.0 Å². The van der Waals surface area contributed by atoms with Crippen molar-refractivity contribution in [2.75, 3.05) is 5.73 Å². The molecule has 0 atom stereocenters. The summed E-state index contributed by atoms with van der Waals surface area (Å²) in [5, 5.41) is 17.4. The van der Waals surface area contributed by atoms with E-state index < -0.39 is 23.0 Å². The molecule has 0 fully saturated rings. The highest BCUT2D eigenvalue weighted by atomic mass is 19.2. The van der Waals surface area contributed by atoms with Crippen LogP contribution in [0, 0.1) is 11.6 Å². The first-order valence-electron chi connectivity index (χ1n) is 10.3. The number of nitrogens with two attached hydrogens (primary N) is 1. The standard InChI is InChI=1S/C23H21F2N7O2/c1-23(2,10-21(33)34)20-5-3-4-14(27-20)11-32-12-19(30-31-32)18-9-17(28-22(26)29-18)13-6-7-15(24)16(25)8-13/h3-9,12H,10-11H2,1-2H3,(H,33,34)(H2,26,28,29). The summed E-state index contributed by atoms with van der Waals surface area (Å²) >= 11 is 0.